The lowest BCUT2D eigenvalue weighted by Gasteiger charge is -2.13. The van der Waals surface area contributed by atoms with Gasteiger partial charge in [-0.25, -0.2) is 9.67 Å². The zero-order chi connectivity index (χ0) is 20.0. The predicted molar refractivity (Wildman–Crippen MR) is 116 cm³/mol. The average molecular weight is 401 g/mol. The molecule has 1 aliphatic rings. The van der Waals surface area contributed by atoms with Crippen LogP contribution in [0.4, 0.5) is 5.82 Å². The van der Waals surface area contributed by atoms with Crippen LogP contribution in [0.1, 0.15) is 32.9 Å². The molecule has 2 aromatic heterocycles. The molecule has 0 bridgehead atoms. The van der Waals surface area contributed by atoms with E-state index in [4.69, 9.17) is 5.10 Å². The fraction of sp³-hybridized carbons (Fsp3) is 0.182. The number of amides is 1. The van der Waals surface area contributed by atoms with Crippen LogP contribution in [0.5, 0.6) is 0 Å². The van der Waals surface area contributed by atoms with Crippen molar-refractivity contribution < 1.29 is 4.79 Å². The van der Waals surface area contributed by atoms with E-state index in [2.05, 4.69) is 41.3 Å². The first-order chi connectivity index (χ1) is 14.1. The molecule has 5 rings (SSSR count). The highest BCUT2D eigenvalue weighted by Crippen LogP contribution is 2.36. The molecule has 4 aromatic rings. The molecule has 0 radical (unpaired) electrons. The minimum atomic E-state index is -0.283. The van der Waals surface area contributed by atoms with E-state index in [1.165, 1.54) is 11.8 Å². The number of carbonyl (C=O) groups excluding carboxylic acids is 1. The highest BCUT2D eigenvalue weighted by Gasteiger charge is 2.26. The smallest absolute Gasteiger partial charge is 0.277 e. The highest BCUT2D eigenvalue weighted by molar-refractivity contribution is 7.98. The zero-order valence-electron chi connectivity index (χ0n) is 16.1. The van der Waals surface area contributed by atoms with Crippen LogP contribution < -0.4 is 5.32 Å². The van der Waals surface area contributed by atoms with Crippen molar-refractivity contribution >= 4 is 34.5 Å². The summed E-state index contributed by atoms with van der Waals surface area (Å²) < 4.78 is 1.85. The van der Waals surface area contributed by atoms with Gasteiger partial charge in [-0.2, -0.15) is 16.9 Å². The minimum absolute atomic E-state index is 0.283. The Hall–Kier alpha value is -3.19. The number of carbonyl (C=O) groups is 1. The van der Waals surface area contributed by atoms with Gasteiger partial charge in [-0.05, 0) is 37.6 Å². The Morgan fingerprint density at radius 2 is 1.93 bits per heavy atom. The van der Waals surface area contributed by atoms with Crippen molar-refractivity contribution in [1.29, 1.82) is 0 Å². The first-order valence-corrected chi connectivity index (χ1v) is 10.5. The lowest BCUT2D eigenvalue weighted by Crippen LogP contribution is -2.18. The lowest BCUT2D eigenvalue weighted by molar-refractivity contribution is 0.102. The van der Waals surface area contributed by atoms with E-state index in [-0.39, 0.29) is 11.6 Å². The Bertz CT molecular complexity index is 1260. The summed E-state index contributed by atoms with van der Waals surface area (Å²) in [6.07, 6.45) is 1.52. The summed E-state index contributed by atoms with van der Waals surface area (Å²) in [6, 6.07) is 13.8. The van der Waals surface area contributed by atoms with Crippen LogP contribution in [0.15, 0.2) is 48.7 Å². The molecular weight excluding hydrogens is 382 g/mol. The molecular formula is C22H19N5OS. The van der Waals surface area contributed by atoms with Crippen LogP contribution in [0.25, 0.3) is 16.7 Å². The standard InChI is InChI=1S/C22H19N5OS/c1-13-7-8-20(14(2)9-13)27-21(15-11-29-12-19(15)26-27)25-22(28)18-10-23-16-5-3-4-6-17(16)24-18/h3-10H,11-12H2,1-2H3,(H,25,28). The van der Waals surface area contributed by atoms with Crippen LogP contribution in [0.3, 0.4) is 0 Å². The monoisotopic (exact) mass is 401 g/mol. The van der Waals surface area contributed by atoms with Crippen molar-refractivity contribution in [3.8, 4) is 5.69 Å². The zero-order valence-corrected chi connectivity index (χ0v) is 17.0. The molecule has 1 N–H and O–H groups in total. The summed E-state index contributed by atoms with van der Waals surface area (Å²) in [4.78, 5) is 21.8. The third-order valence-electron chi connectivity index (χ3n) is 5.05. The molecule has 2 aromatic carbocycles. The van der Waals surface area contributed by atoms with E-state index in [0.717, 1.165) is 45.3 Å². The third kappa shape index (κ3) is 3.17. The number of thioether (sulfide) groups is 1. The van der Waals surface area contributed by atoms with Gasteiger partial charge in [0.1, 0.15) is 11.5 Å². The molecule has 1 amide bonds. The Balaban J connectivity index is 1.55. The number of para-hydroxylation sites is 2. The van der Waals surface area contributed by atoms with Crippen molar-refractivity contribution in [1.82, 2.24) is 19.7 Å². The molecule has 6 nitrogen and oxygen atoms in total. The number of rotatable bonds is 3. The van der Waals surface area contributed by atoms with Gasteiger partial charge in [0.15, 0.2) is 0 Å². The Morgan fingerprint density at radius 3 is 2.76 bits per heavy atom. The number of aryl methyl sites for hydroxylation is 2. The predicted octanol–water partition coefficient (Wildman–Crippen LogP) is 4.43. The number of hydrogen-bond donors (Lipinski definition) is 1. The van der Waals surface area contributed by atoms with Gasteiger partial charge in [-0.1, -0.05) is 29.8 Å². The molecule has 7 heteroatoms. The van der Waals surface area contributed by atoms with Crippen molar-refractivity contribution in [2.45, 2.75) is 25.4 Å². The number of nitrogens with one attached hydrogen (secondary N) is 1. The minimum Gasteiger partial charge on any atom is -0.305 e. The highest BCUT2D eigenvalue weighted by atomic mass is 32.2. The molecule has 29 heavy (non-hydrogen) atoms. The molecule has 1 aliphatic heterocycles. The number of anilines is 1. The van der Waals surface area contributed by atoms with Crippen LogP contribution in [0, 0.1) is 13.8 Å². The summed E-state index contributed by atoms with van der Waals surface area (Å²) in [6.45, 7) is 4.13. The maximum Gasteiger partial charge on any atom is 0.277 e. The van der Waals surface area contributed by atoms with E-state index >= 15 is 0 Å². The second-order valence-electron chi connectivity index (χ2n) is 7.17. The maximum absolute atomic E-state index is 13.0. The van der Waals surface area contributed by atoms with Crippen LogP contribution in [-0.2, 0) is 11.5 Å². The SMILES string of the molecule is Cc1ccc(-n2nc3c(c2NC(=O)c2cnc4ccccc4n2)CSC3)c(C)c1. The van der Waals surface area contributed by atoms with E-state index in [0.29, 0.717) is 5.52 Å². The normalized spacial score (nSPS) is 12.9. The molecule has 144 valence electrons. The van der Waals surface area contributed by atoms with Crippen molar-refractivity contribution in [2.24, 2.45) is 0 Å². The van der Waals surface area contributed by atoms with Crippen molar-refractivity contribution in [3.05, 3.63) is 76.7 Å². The molecule has 0 saturated carbocycles. The molecule has 0 atom stereocenters. The average Bonchev–Trinajstić information content (AvgIpc) is 3.30. The van der Waals surface area contributed by atoms with Crippen LogP contribution in [0.2, 0.25) is 0 Å². The largest absolute Gasteiger partial charge is 0.305 e. The van der Waals surface area contributed by atoms with Gasteiger partial charge in [-0.15, -0.1) is 0 Å². The summed E-state index contributed by atoms with van der Waals surface area (Å²) in [5.74, 6) is 2.12. The summed E-state index contributed by atoms with van der Waals surface area (Å²) in [5, 5.41) is 7.85. The van der Waals surface area contributed by atoms with E-state index in [1.807, 2.05) is 35.0 Å². The second kappa shape index (κ2) is 7.00. The van der Waals surface area contributed by atoms with Crippen LogP contribution in [-0.4, -0.2) is 25.7 Å². The van der Waals surface area contributed by atoms with Crippen molar-refractivity contribution in [2.75, 3.05) is 5.32 Å². The number of hydrogen-bond acceptors (Lipinski definition) is 5. The first-order valence-electron chi connectivity index (χ1n) is 9.39. The van der Waals surface area contributed by atoms with Gasteiger partial charge in [0, 0.05) is 17.1 Å². The van der Waals surface area contributed by atoms with Gasteiger partial charge >= 0.3 is 0 Å². The number of aromatic nitrogens is 4. The van der Waals surface area contributed by atoms with E-state index < -0.39 is 0 Å². The van der Waals surface area contributed by atoms with Gasteiger partial charge in [0.05, 0.1) is 28.6 Å². The molecule has 0 spiro atoms. The van der Waals surface area contributed by atoms with Gasteiger partial charge < -0.3 is 5.32 Å². The van der Waals surface area contributed by atoms with Crippen molar-refractivity contribution in [3.63, 3.8) is 0 Å². The Morgan fingerprint density at radius 1 is 1.10 bits per heavy atom. The Labute approximate surface area is 172 Å². The number of benzene rings is 2. The number of nitrogens with zero attached hydrogens (tertiary/aromatic N) is 4. The van der Waals surface area contributed by atoms with Crippen LogP contribution >= 0.6 is 11.8 Å². The van der Waals surface area contributed by atoms with Gasteiger partial charge in [0.2, 0.25) is 0 Å². The summed E-state index contributed by atoms with van der Waals surface area (Å²) in [5.41, 5.74) is 7.13. The van der Waals surface area contributed by atoms with Gasteiger partial charge in [0.25, 0.3) is 5.91 Å². The molecule has 0 saturated heterocycles. The molecule has 0 aliphatic carbocycles. The lowest BCUT2D eigenvalue weighted by atomic mass is 10.1. The molecule has 3 heterocycles. The first kappa shape index (κ1) is 17.9. The summed E-state index contributed by atoms with van der Waals surface area (Å²) in [7, 11) is 0. The summed E-state index contributed by atoms with van der Waals surface area (Å²) >= 11 is 1.80. The topological polar surface area (TPSA) is 72.7 Å². The van der Waals surface area contributed by atoms with Gasteiger partial charge in [-0.3, -0.25) is 9.78 Å². The fourth-order valence-corrected chi connectivity index (χ4v) is 4.63. The third-order valence-corrected chi connectivity index (χ3v) is 6.02. The maximum atomic E-state index is 13.0. The Kier molecular flexibility index (Phi) is 4.32. The molecule has 0 unspecified atom stereocenters. The fourth-order valence-electron chi connectivity index (χ4n) is 3.60. The quantitative estimate of drug-likeness (QED) is 0.550. The van der Waals surface area contributed by atoms with E-state index in [1.54, 1.807) is 11.8 Å². The number of fused-ring (bicyclic) bond motifs is 2. The van der Waals surface area contributed by atoms with E-state index in [9.17, 15) is 4.79 Å². The molecule has 0 fully saturated rings. The second-order valence-corrected chi connectivity index (χ2v) is 8.15.